The minimum Gasteiger partial charge on any atom is -0.493 e. The van der Waals surface area contributed by atoms with E-state index in [1.807, 2.05) is 24.3 Å². The maximum absolute atomic E-state index is 10.3. The van der Waals surface area contributed by atoms with Gasteiger partial charge in [-0.1, -0.05) is 6.07 Å². The number of likely N-dealkylation sites (tertiary alicyclic amines) is 1. The van der Waals surface area contributed by atoms with Crippen LogP contribution >= 0.6 is 0 Å². The van der Waals surface area contributed by atoms with Crippen molar-refractivity contribution >= 4 is 0 Å². The molecule has 0 saturated carbocycles. The summed E-state index contributed by atoms with van der Waals surface area (Å²) in [6, 6.07) is 12.1. The van der Waals surface area contributed by atoms with E-state index in [9.17, 15) is 5.11 Å². The van der Waals surface area contributed by atoms with Crippen LogP contribution in [0.1, 0.15) is 42.6 Å². The van der Waals surface area contributed by atoms with Crippen LogP contribution in [0.2, 0.25) is 0 Å². The van der Waals surface area contributed by atoms with E-state index in [1.54, 1.807) is 6.92 Å². The molecular weight excluding hydrogens is 352 g/mol. The molecule has 3 N–H and O–H groups in total. The zero-order valence-corrected chi connectivity index (χ0v) is 16.6. The number of nitrogens with two attached hydrogens (primary N) is 1. The molecule has 0 aliphatic carbocycles. The molecule has 2 heterocycles. The van der Waals surface area contributed by atoms with Gasteiger partial charge in [-0.3, -0.25) is 4.90 Å². The summed E-state index contributed by atoms with van der Waals surface area (Å²) in [5, 5.41) is 10.3. The number of ether oxygens (including phenoxy) is 2. The lowest BCUT2D eigenvalue weighted by atomic mass is 9.96. The number of rotatable bonds is 6. The van der Waals surface area contributed by atoms with Gasteiger partial charge in [0.25, 0.3) is 0 Å². The van der Waals surface area contributed by atoms with Gasteiger partial charge in [-0.05, 0) is 81.2 Å². The summed E-state index contributed by atoms with van der Waals surface area (Å²) in [5.41, 5.74) is 9.00. The van der Waals surface area contributed by atoms with Crippen LogP contribution in [0.15, 0.2) is 36.4 Å². The molecule has 2 aromatic carbocycles. The maximum atomic E-state index is 10.3. The molecular formula is C23H30N2O3. The number of benzene rings is 2. The monoisotopic (exact) mass is 382 g/mol. The molecule has 0 amide bonds. The van der Waals surface area contributed by atoms with Crippen LogP contribution in [0, 0.1) is 5.92 Å². The minimum atomic E-state index is -0.587. The Morgan fingerprint density at radius 3 is 2.79 bits per heavy atom. The van der Waals surface area contributed by atoms with Crippen LogP contribution in [-0.4, -0.2) is 36.2 Å². The molecule has 5 nitrogen and oxygen atoms in total. The molecule has 0 bridgehead atoms. The van der Waals surface area contributed by atoms with Gasteiger partial charge in [0.15, 0.2) is 0 Å². The van der Waals surface area contributed by atoms with Gasteiger partial charge in [0.05, 0.1) is 12.7 Å². The first-order valence-electron chi connectivity index (χ1n) is 10.3. The number of aliphatic hydroxyl groups excluding tert-OH is 1. The Balaban J connectivity index is 1.48. The first-order valence-corrected chi connectivity index (χ1v) is 10.3. The van der Waals surface area contributed by atoms with E-state index >= 15 is 0 Å². The highest BCUT2D eigenvalue weighted by Gasteiger charge is 2.19. The number of aliphatic hydroxyl groups is 1. The highest BCUT2D eigenvalue weighted by molar-refractivity contribution is 5.46. The number of fused-ring (bicyclic) bond motifs is 1. The van der Waals surface area contributed by atoms with E-state index in [-0.39, 0.29) is 0 Å². The van der Waals surface area contributed by atoms with E-state index in [4.69, 9.17) is 15.2 Å². The molecule has 5 heteroatoms. The number of hydrogen-bond acceptors (Lipinski definition) is 5. The minimum absolute atomic E-state index is 0.587. The maximum Gasteiger partial charge on any atom is 0.133 e. The predicted molar refractivity (Wildman–Crippen MR) is 110 cm³/mol. The van der Waals surface area contributed by atoms with E-state index in [0.717, 1.165) is 56.3 Å². The van der Waals surface area contributed by atoms with Crippen molar-refractivity contribution in [1.29, 1.82) is 0 Å². The van der Waals surface area contributed by atoms with E-state index in [2.05, 4.69) is 17.0 Å². The first kappa shape index (κ1) is 19.2. The molecule has 2 aromatic rings. The second-order valence-corrected chi connectivity index (χ2v) is 7.97. The van der Waals surface area contributed by atoms with Crippen molar-refractivity contribution < 1.29 is 14.6 Å². The lowest BCUT2D eigenvalue weighted by Crippen LogP contribution is -2.35. The van der Waals surface area contributed by atoms with Crippen LogP contribution in [0.3, 0.4) is 0 Å². The van der Waals surface area contributed by atoms with Crippen molar-refractivity contribution in [2.75, 3.05) is 26.2 Å². The molecule has 1 unspecified atom stereocenters. The number of piperidine rings is 1. The molecule has 2 aliphatic rings. The largest absolute Gasteiger partial charge is 0.493 e. The van der Waals surface area contributed by atoms with Crippen molar-refractivity contribution in [3.05, 3.63) is 53.1 Å². The second-order valence-electron chi connectivity index (χ2n) is 7.97. The van der Waals surface area contributed by atoms with Crippen molar-refractivity contribution in [2.24, 2.45) is 11.7 Å². The SMILES string of the molecule is CC(O)c1cc(CN2CCC(CN)CC2)ccc1Oc1ccc2c(c1)CCO2. The van der Waals surface area contributed by atoms with Crippen molar-refractivity contribution in [1.82, 2.24) is 4.90 Å². The molecule has 0 radical (unpaired) electrons. The molecule has 2 aliphatic heterocycles. The fraction of sp³-hybridized carbons (Fsp3) is 0.478. The smallest absolute Gasteiger partial charge is 0.133 e. The zero-order valence-electron chi connectivity index (χ0n) is 16.6. The van der Waals surface area contributed by atoms with Gasteiger partial charge in [0.2, 0.25) is 0 Å². The number of hydrogen-bond donors (Lipinski definition) is 2. The topological polar surface area (TPSA) is 68.0 Å². The van der Waals surface area contributed by atoms with Gasteiger partial charge in [-0.2, -0.15) is 0 Å². The normalized spacial score (nSPS) is 18.5. The van der Waals surface area contributed by atoms with Crippen molar-refractivity contribution in [3.8, 4) is 17.2 Å². The first-order chi connectivity index (χ1) is 13.6. The standard InChI is InChI=1S/C23H30N2O3/c1-16(26)21-12-18(15-25-9-6-17(14-24)7-10-25)2-4-23(21)28-20-3-5-22-19(13-20)8-11-27-22/h2-5,12-13,16-17,26H,6-11,14-15,24H2,1H3. The Labute approximate surface area is 167 Å². The van der Waals surface area contributed by atoms with Gasteiger partial charge in [0, 0.05) is 24.1 Å². The van der Waals surface area contributed by atoms with Gasteiger partial charge >= 0.3 is 0 Å². The zero-order chi connectivity index (χ0) is 19.5. The molecule has 1 saturated heterocycles. The summed E-state index contributed by atoms with van der Waals surface area (Å²) in [7, 11) is 0. The summed E-state index contributed by atoms with van der Waals surface area (Å²) in [6.07, 6.45) is 2.66. The summed E-state index contributed by atoms with van der Waals surface area (Å²) < 4.78 is 11.7. The Hall–Kier alpha value is -2.08. The van der Waals surface area contributed by atoms with Crippen LogP contribution in [-0.2, 0) is 13.0 Å². The van der Waals surface area contributed by atoms with Gasteiger partial charge in [-0.15, -0.1) is 0 Å². The molecule has 4 rings (SSSR count). The van der Waals surface area contributed by atoms with Crippen LogP contribution in [0.4, 0.5) is 0 Å². The van der Waals surface area contributed by atoms with Gasteiger partial charge in [0.1, 0.15) is 17.2 Å². The van der Waals surface area contributed by atoms with Crippen molar-refractivity contribution in [3.63, 3.8) is 0 Å². The summed E-state index contributed by atoms with van der Waals surface area (Å²) >= 11 is 0. The number of nitrogens with zero attached hydrogens (tertiary/aromatic N) is 1. The molecule has 0 aromatic heterocycles. The lowest BCUT2D eigenvalue weighted by molar-refractivity contribution is 0.179. The fourth-order valence-corrected chi connectivity index (χ4v) is 4.11. The molecule has 0 spiro atoms. The van der Waals surface area contributed by atoms with E-state index in [0.29, 0.717) is 11.7 Å². The van der Waals surface area contributed by atoms with Gasteiger partial charge in [-0.25, -0.2) is 0 Å². The van der Waals surface area contributed by atoms with Gasteiger partial charge < -0.3 is 20.3 Å². The fourth-order valence-electron chi connectivity index (χ4n) is 4.11. The average Bonchev–Trinajstić information content (AvgIpc) is 3.17. The molecule has 1 fully saturated rings. The highest BCUT2D eigenvalue weighted by atomic mass is 16.5. The quantitative estimate of drug-likeness (QED) is 0.798. The third-order valence-corrected chi connectivity index (χ3v) is 5.86. The summed E-state index contributed by atoms with van der Waals surface area (Å²) in [6.45, 7) is 6.38. The second kappa shape index (κ2) is 8.52. The molecule has 150 valence electrons. The van der Waals surface area contributed by atoms with Crippen LogP contribution in [0.25, 0.3) is 0 Å². The molecule has 28 heavy (non-hydrogen) atoms. The Morgan fingerprint density at radius 2 is 2.04 bits per heavy atom. The summed E-state index contributed by atoms with van der Waals surface area (Å²) in [5.74, 6) is 3.09. The average molecular weight is 383 g/mol. The third-order valence-electron chi connectivity index (χ3n) is 5.86. The van der Waals surface area contributed by atoms with E-state index in [1.165, 1.54) is 24.0 Å². The van der Waals surface area contributed by atoms with Crippen molar-refractivity contribution in [2.45, 2.75) is 38.8 Å². The van der Waals surface area contributed by atoms with Crippen LogP contribution < -0.4 is 15.2 Å². The lowest BCUT2D eigenvalue weighted by Gasteiger charge is -2.31. The van der Waals surface area contributed by atoms with Crippen LogP contribution in [0.5, 0.6) is 17.2 Å². The third kappa shape index (κ3) is 4.32. The highest BCUT2D eigenvalue weighted by Crippen LogP contribution is 2.34. The van der Waals surface area contributed by atoms with E-state index < -0.39 is 6.10 Å². The Bertz CT molecular complexity index is 813. The molecule has 1 atom stereocenters. The predicted octanol–water partition coefficient (Wildman–Crippen LogP) is 3.64. The summed E-state index contributed by atoms with van der Waals surface area (Å²) in [4.78, 5) is 2.47. The Kier molecular flexibility index (Phi) is 5.85. The Morgan fingerprint density at radius 1 is 1.21 bits per heavy atom.